The molecular formula is C15H13F3N2O4S. The lowest BCUT2D eigenvalue weighted by atomic mass is 10.1. The van der Waals surface area contributed by atoms with E-state index in [4.69, 9.17) is 0 Å². The lowest BCUT2D eigenvalue weighted by molar-refractivity contribution is -0.274. The fourth-order valence-corrected chi connectivity index (χ4v) is 2.55. The van der Waals surface area contributed by atoms with Crippen LogP contribution in [0, 0.1) is 0 Å². The zero-order valence-corrected chi connectivity index (χ0v) is 13.7. The van der Waals surface area contributed by atoms with Gasteiger partial charge in [-0.2, -0.15) is 0 Å². The molecule has 1 heterocycles. The van der Waals surface area contributed by atoms with Crippen molar-refractivity contribution in [3.05, 3.63) is 40.9 Å². The minimum Gasteiger partial charge on any atom is -0.469 e. The Bertz CT molecular complexity index is 744. The molecule has 6 nitrogen and oxygen atoms in total. The van der Waals surface area contributed by atoms with Crippen LogP contribution in [-0.2, 0) is 27.2 Å². The molecule has 2 rings (SSSR count). The second-order valence-electron chi connectivity index (χ2n) is 4.81. The van der Waals surface area contributed by atoms with E-state index in [9.17, 15) is 22.8 Å². The third-order valence-electron chi connectivity index (χ3n) is 2.87. The number of carbonyl (C=O) groups is 2. The predicted octanol–water partition coefficient (Wildman–Crippen LogP) is 2.94. The first-order chi connectivity index (χ1) is 11.7. The highest BCUT2D eigenvalue weighted by Crippen LogP contribution is 2.23. The number of anilines is 1. The summed E-state index contributed by atoms with van der Waals surface area (Å²) in [5.74, 6) is -1.18. The van der Waals surface area contributed by atoms with Crippen LogP contribution in [0.25, 0.3) is 0 Å². The zero-order valence-electron chi connectivity index (χ0n) is 12.9. The van der Waals surface area contributed by atoms with Crippen molar-refractivity contribution in [3.63, 3.8) is 0 Å². The number of aromatic nitrogens is 1. The van der Waals surface area contributed by atoms with Crippen molar-refractivity contribution >= 4 is 28.3 Å². The summed E-state index contributed by atoms with van der Waals surface area (Å²) in [6, 6.07) is 5.00. The van der Waals surface area contributed by atoms with Gasteiger partial charge >= 0.3 is 12.3 Å². The van der Waals surface area contributed by atoms with E-state index in [2.05, 4.69) is 19.8 Å². The second kappa shape index (κ2) is 7.97. The van der Waals surface area contributed by atoms with Crippen LogP contribution in [0.15, 0.2) is 29.6 Å². The van der Waals surface area contributed by atoms with E-state index in [0.29, 0.717) is 16.4 Å². The smallest absolute Gasteiger partial charge is 0.469 e. The summed E-state index contributed by atoms with van der Waals surface area (Å²) in [6.45, 7) is 0. The normalized spacial score (nSPS) is 11.0. The summed E-state index contributed by atoms with van der Waals surface area (Å²) < 4.78 is 44.5. The quantitative estimate of drug-likeness (QED) is 0.787. The summed E-state index contributed by atoms with van der Waals surface area (Å²) in [5.41, 5.74) is 0.985. The zero-order chi connectivity index (χ0) is 18.4. The van der Waals surface area contributed by atoms with E-state index in [0.717, 1.165) is 23.5 Å². The maximum atomic E-state index is 12.1. The third-order valence-corrected chi connectivity index (χ3v) is 3.68. The molecule has 0 fully saturated rings. The molecule has 0 spiro atoms. The Hall–Kier alpha value is -2.62. The average Bonchev–Trinajstić information content (AvgIpc) is 2.94. The SMILES string of the molecule is COC(=O)Cc1csc(NC(=O)Cc2ccc(OC(F)(F)F)cc2)n1. The number of hydrogen-bond acceptors (Lipinski definition) is 6. The molecule has 2 aromatic rings. The molecule has 0 saturated heterocycles. The van der Waals surface area contributed by atoms with Crippen LogP contribution in [0.5, 0.6) is 5.75 Å². The summed E-state index contributed by atoms with van der Waals surface area (Å²) >= 11 is 1.15. The molecule has 0 saturated carbocycles. The Morgan fingerprint density at radius 1 is 1.20 bits per heavy atom. The lowest BCUT2D eigenvalue weighted by Gasteiger charge is -2.09. The highest BCUT2D eigenvalue weighted by Gasteiger charge is 2.30. The van der Waals surface area contributed by atoms with Gasteiger partial charge in [0.15, 0.2) is 5.13 Å². The van der Waals surface area contributed by atoms with Gasteiger partial charge in [0.1, 0.15) is 5.75 Å². The number of halogens is 3. The fraction of sp³-hybridized carbons (Fsp3) is 0.267. The van der Waals surface area contributed by atoms with Crippen molar-refractivity contribution < 1.29 is 32.2 Å². The van der Waals surface area contributed by atoms with E-state index in [-0.39, 0.29) is 24.5 Å². The Kier molecular flexibility index (Phi) is 5.97. The second-order valence-corrected chi connectivity index (χ2v) is 5.67. The monoisotopic (exact) mass is 374 g/mol. The molecule has 0 radical (unpaired) electrons. The number of ether oxygens (including phenoxy) is 2. The van der Waals surface area contributed by atoms with E-state index in [1.807, 2.05) is 0 Å². The van der Waals surface area contributed by atoms with Gasteiger partial charge in [0.05, 0.1) is 25.6 Å². The Morgan fingerprint density at radius 2 is 1.88 bits per heavy atom. The molecule has 1 aromatic carbocycles. The van der Waals surface area contributed by atoms with Crippen LogP contribution >= 0.6 is 11.3 Å². The van der Waals surface area contributed by atoms with Crippen molar-refractivity contribution in [2.75, 3.05) is 12.4 Å². The molecule has 1 N–H and O–H groups in total. The number of carbonyl (C=O) groups excluding carboxylic acids is 2. The number of thiazole rings is 1. The maximum absolute atomic E-state index is 12.1. The van der Waals surface area contributed by atoms with E-state index >= 15 is 0 Å². The highest BCUT2D eigenvalue weighted by atomic mass is 32.1. The first-order valence-electron chi connectivity index (χ1n) is 6.91. The summed E-state index contributed by atoms with van der Waals surface area (Å²) in [4.78, 5) is 27.2. The Labute approximate surface area is 144 Å². The van der Waals surface area contributed by atoms with Crippen LogP contribution in [0.3, 0.4) is 0 Å². The van der Waals surface area contributed by atoms with Gasteiger partial charge in [0.25, 0.3) is 0 Å². The van der Waals surface area contributed by atoms with Crippen molar-refractivity contribution in [2.45, 2.75) is 19.2 Å². The molecule has 0 aliphatic carbocycles. The van der Waals surface area contributed by atoms with Crippen LogP contribution < -0.4 is 10.1 Å². The van der Waals surface area contributed by atoms with E-state index in [1.165, 1.54) is 19.2 Å². The van der Waals surface area contributed by atoms with Crippen molar-refractivity contribution in [1.29, 1.82) is 0 Å². The number of benzene rings is 1. The van der Waals surface area contributed by atoms with Gasteiger partial charge in [0.2, 0.25) is 5.91 Å². The fourth-order valence-electron chi connectivity index (χ4n) is 1.82. The summed E-state index contributed by atoms with van der Waals surface area (Å²) in [5, 5.41) is 4.50. The van der Waals surface area contributed by atoms with Crippen LogP contribution in [0.4, 0.5) is 18.3 Å². The van der Waals surface area contributed by atoms with Crippen LogP contribution in [0.2, 0.25) is 0 Å². The van der Waals surface area contributed by atoms with Gasteiger partial charge in [-0.25, -0.2) is 4.98 Å². The van der Waals surface area contributed by atoms with Gasteiger partial charge in [-0.1, -0.05) is 12.1 Å². The van der Waals surface area contributed by atoms with E-state index < -0.39 is 12.3 Å². The number of nitrogens with one attached hydrogen (secondary N) is 1. The van der Waals surface area contributed by atoms with Crippen molar-refractivity contribution in [2.24, 2.45) is 0 Å². The number of alkyl halides is 3. The Balaban J connectivity index is 1.89. The topological polar surface area (TPSA) is 77.5 Å². The summed E-state index contributed by atoms with van der Waals surface area (Å²) in [7, 11) is 1.27. The molecule has 0 atom stereocenters. The number of methoxy groups -OCH3 is 1. The highest BCUT2D eigenvalue weighted by molar-refractivity contribution is 7.13. The number of nitrogens with zero attached hydrogens (tertiary/aromatic N) is 1. The molecule has 1 amide bonds. The van der Waals surface area contributed by atoms with Crippen LogP contribution in [-0.4, -0.2) is 30.3 Å². The molecule has 0 aliphatic rings. The molecule has 25 heavy (non-hydrogen) atoms. The molecule has 10 heteroatoms. The number of rotatable bonds is 6. The lowest BCUT2D eigenvalue weighted by Crippen LogP contribution is -2.17. The molecule has 0 bridgehead atoms. The first kappa shape index (κ1) is 18.7. The first-order valence-corrected chi connectivity index (χ1v) is 7.79. The molecule has 1 aromatic heterocycles. The predicted molar refractivity (Wildman–Crippen MR) is 83.3 cm³/mol. The number of amides is 1. The van der Waals surface area contributed by atoms with Gasteiger partial charge in [0, 0.05) is 5.38 Å². The maximum Gasteiger partial charge on any atom is 0.573 e. The molecular weight excluding hydrogens is 361 g/mol. The minimum absolute atomic E-state index is 0.00351. The largest absolute Gasteiger partial charge is 0.573 e. The van der Waals surface area contributed by atoms with Gasteiger partial charge in [-0.15, -0.1) is 24.5 Å². The third kappa shape index (κ3) is 6.42. The van der Waals surface area contributed by atoms with E-state index in [1.54, 1.807) is 5.38 Å². The average molecular weight is 374 g/mol. The molecule has 0 unspecified atom stereocenters. The standard InChI is InChI=1S/C15H13F3N2O4S/c1-23-13(22)7-10-8-25-14(19-10)20-12(21)6-9-2-4-11(5-3-9)24-15(16,17)18/h2-5,8H,6-7H2,1H3,(H,19,20,21). The number of hydrogen-bond donors (Lipinski definition) is 1. The van der Waals surface area contributed by atoms with Gasteiger partial charge in [-0.3, -0.25) is 9.59 Å². The van der Waals surface area contributed by atoms with Gasteiger partial charge < -0.3 is 14.8 Å². The van der Waals surface area contributed by atoms with Crippen molar-refractivity contribution in [1.82, 2.24) is 4.98 Å². The molecule has 0 aliphatic heterocycles. The number of esters is 1. The molecule has 134 valence electrons. The minimum atomic E-state index is -4.76. The Morgan fingerprint density at radius 3 is 2.48 bits per heavy atom. The van der Waals surface area contributed by atoms with Crippen LogP contribution in [0.1, 0.15) is 11.3 Å². The van der Waals surface area contributed by atoms with Gasteiger partial charge in [-0.05, 0) is 17.7 Å². The summed E-state index contributed by atoms with van der Waals surface area (Å²) in [6.07, 6.45) is -4.80. The van der Waals surface area contributed by atoms with Crippen molar-refractivity contribution in [3.8, 4) is 5.75 Å².